The molecule has 1 amide bonds. The molecule has 24 heavy (non-hydrogen) atoms. The average molecular weight is 374 g/mol. The van der Waals surface area contributed by atoms with Gasteiger partial charge in [-0.25, -0.2) is 0 Å². The van der Waals surface area contributed by atoms with Crippen molar-refractivity contribution in [3.8, 4) is 0 Å². The lowest BCUT2D eigenvalue weighted by atomic mass is 9.96. The summed E-state index contributed by atoms with van der Waals surface area (Å²) in [5.74, 6) is 1.47. The number of rotatable bonds is 4. The van der Waals surface area contributed by atoms with Gasteiger partial charge in [-0.15, -0.1) is 35.0 Å². The van der Waals surface area contributed by atoms with Gasteiger partial charge in [0, 0.05) is 37.7 Å². The van der Waals surface area contributed by atoms with E-state index < -0.39 is 0 Å². The van der Waals surface area contributed by atoms with E-state index in [1.807, 2.05) is 47.7 Å². The first kappa shape index (κ1) is 20.7. The molecular formula is C16H25Cl2N5O. The smallest absolute Gasteiger partial charge is 0.226 e. The zero-order chi connectivity index (χ0) is 15.5. The van der Waals surface area contributed by atoms with Gasteiger partial charge in [-0.3, -0.25) is 9.20 Å². The topological polar surface area (TPSA) is 62.5 Å². The highest BCUT2D eigenvalue weighted by Gasteiger charge is 2.29. The molecule has 134 valence electrons. The molecule has 8 heteroatoms. The number of hydrogen-bond acceptors (Lipinski definition) is 4. The number of hydrogen-bond donors (Lipinski definition) is 1. The molecule has 2 atom stereocenters. The summed E-state index contributed by atoms with van der Waals surface area (Å²) < 4.78 is 2.04. The van der Waals surface area contributed by atoms with Crippen LogP contribution in [0.5, 0.6) is 0 Å². The van der Waals surface area contributed by atoms with Crippen molar-refractivity contribution in [2.24, 2.45) is 5.92 Å². The van der Waals surface area contributed by atoms with Crippen LogP contribution in [0.4, 0.5) is 0 Å². The fraction of sp³-hybridized carbons (Fsp3) is 0.562. The van der Waals surface area contributed by atoms with Gasteiger partial charge in [-0.1, -0.05) is 13.0 Å². The molecule has 2 aromatic heterocycles. The summed E-state index contributed by atoms with van der Waals surface area (Å²) in [6, 6.07) is 5.90. The number of piperidine rings is 1. The van der Waals surface area contributed by atoms with Crippen molar-refractivity contribution < 1.29 is 4.79 Å². The maximum absolute atomic E-state index is 12.5. The number of halogens is 2. The minimum atomic E-state index is 0. The molecule has 1 aliphatic rings. The third-order valence-electron chi connectivity index (χ3n) is 4.37. The number of carbonyl (C=O) groups excluding carboxylic acids is 1. The third-order valence-corrected chi connectivity index (χ3v) is 4.37. The molecule has 1 saturated heterocycles. The van der Waals surface area contributed by atoms with E-state index in [4.69, 9.17) is 0 Å². The van der Waals surface area contributed by atoms with E-state index in [1.165, 1.54) is 0 Å². The minimum Gasteiger partial charge on any atom is -0.342 e. The summed E-state index contributed by atoms with van der Waals surface area (Å²) in [7, 11) is 1.88. The van der Waals surface area contributed by atoms with Crippen LogP contribution in [-0.4, -0.2) is 52.1 Å². The Hall–Kier alpha value is -1.37. The first-order chi connectivity index (χ1) is 10.7. The number of aromatic nitrogens is 3. The fourth-order valence-corrected chi connectivity index (χ4v) is 3.23. The zero-order valence-electron chi connectivity index (χ0n) is 14.0. The second kappa shape index (κ2) is 9.20. The lowest BCUT2D eigenvalue weighted by molar-refractivity contribution is -0.136. The molecule has 3 rings (SSSR count). The van der Waals surface area contributed by atoms with Gasteiger partial charge in [0.2, 0.25) is 5.91 Å². The van der Waals surface area contributed by atoms with E-state index in [0.717, 1.165) is 37.4 Å². The van der Waals surface area contributed by atoms with Crippen molar-refractivity contribution in [2.45, 2.75) is 25.7 Å². The second-order valence-electron chi connectivity index (χ2n) is 6.07. The molecular weight excluding hydrogens is 349 g/mol. The lowest BCUT2D eigenvalue weighted by Crippen LogP contribution is -2.44. The van der Waals surface area contributed by atoms with Crippen molar-refractivity contribution in [2.75, 3.05) is 26.7 Å². The molecule has 0 saturated carbocycles. The van der Waals surface area contributed by atoms with Crippen LogP contribution in [-0.2, 0) is 4.79 Å². The highest BCUT2D eigenvalue weighted by Crippen LogP contribution is 2.26. The summed E-state index contributed by atoms with van der Waals surface area (Å²) >= 11 is 0. The Kier molecular flexibility index (Phi) is 7.93. The molecule has 1 fully saturated rings. The molecule has 0 bridgehead atoms. The molecule has 0 spiro atoms. The number of pyridine rings is 1. The Balaban J connectivity index is 0.00000144. The fourth-order valence-electron chi connectivity index (χ4n) is 3.23. The van der Waals surface area contributed by atoms with Crippen LogP contribution in [0.15, 0.2) is 24.4 Å². The largest absolute Gasteiger partial charge is 0.342 e. The Labute approximate surface area is 154 Å². The first-order valence-corrected chi connectivity index (χ1v) is 7.93. The van der Waals surface area contributed by atoms with Crippen LogP contribution in [0.2, 0.25) is 0 Å². The molecule has 0 aliphatic carbocycles. The van der Waals surface area contributed by atoms with Crippen molar-refractivity contribution in [1.29, 1.82) is 0 Å². The number of nitrogens with zero attached hydrogens (tertiary/aromatic N) is 4. The normalized spacial score (nSPS) is 18.6. The van der Waals surface area contributed by atoms with E-state index in [0.29, 0.717) is 6.54 Å². The van der Waals surface area contributed by atoms with Crippen LogP contribution in [0, 0.1) is 5.92 Å². The van der Waals surface area contributed by atoms with Crippen LogP contribution < -0.4 is 5.32 Å². The van der Waals surface area contributed by atoms with Crippen LogP contribution in [0.3, 0.4) is 0 Å². The molecule has 1 N–H and O–H groups in total. The SMILES string of the molecule is CNCC(C)C(=O)N1CCCC(c2nnc3ccccn23)C1.Cl.Cl. The van der Waals surface area contributed by atoms with Gasteiger partial charge >= 0.3 is 0 Å². The van der Waals surface area contributed by atoms with Crippen LogP contribution in [0.25, 0.3) is 5.65 Å². The molecule has 1 aliphatic heterocycles. The maximum atomic E-state index is 12.5. The highest BCUT2D eigenvalue weighted by molar-refractivity contribution is 5.85. The highest BCUT2D eigenvalue weighted by atomic mass is 35.5. The van der Waals surface area contributed by atoms with E-state index in [2.05, 4.69) is 15.5 Å². The molecule has 0 radical (unpaired) electrons. The Bertz CT molecular complexity index is 663. The Morgan fingerprint density at radius 3 is 2.92 bits per heavy atom. The number of fused-ring (bicyclic) bond motifs is 1. The zero-order valence-corrected chi connectivity index (χ0v) is 15.6. The first-order valence-electron chi connectivity index (χ1n) is 7.93. The molecule has 2 aromatic rings. The van der Waals surface area contributed by atoms with Gasteiger partial charge in [0.25, 0.3) is 0 Å². The van der Waals surface area contributed by atoms with Crippen molar-refractivity contribution in [1.82, 2.24) is 24.8 Å². The Morgan fingerprint density at radius 2 is 2.17 bits per heavy atom. The van der Waals surface area contributed by atoms with E-state index >= 15 is 0 Å². The predicted molar refractivity (Wildman–Crippen MR) is 99.1 cm³/mol. The number of amides is 1. The maximum Gasteiger partial charge on any atom is 0.226 e. The summed E-state index contributed by atoms with van der Waals surface area (Å²) in [6.45, 7) is 4.28. The van der Waals surface area contributed by atoms with Gasteiger partial charge in [-0.05, 0) is 32.0 Å². The summed E-state index contributed by atoms with van der Waals surface area (Å²) in [4.78, 5) is 14.5. The van der Waals surface area contributed by atoms with Gasteiger partial charge in [0.15, 0.2) is 5.65 Å². The molecule has 3 heterocycles. The summed E-state index contributed by atoms with van der Waals surface area (Å²) in [6.07, 6.45) is 4.07. The molecule has 2 unspecified atom stereocenters. The van der Waals surface area contributed by atoms with E-state index in [9.17, 15) is 4.79 Å². The monoisotopic (exact) mass is 373 g/mol. The van der Waals surface area contributed by atoms with Crippen molar-refractivity contribution in [3.05, 3.63) is 30.2 Å². The number of carbonyl (C=O) groups is 1. The number of likely N-dealkylation sites (tertiary alicyclic amines) is 1. The van der Waals surface area contributed by atoms with Gasteiger partial charge < -0.3 is 10.2 Å². The van der Waals surface area contributed by atoms with Crippen LogP contribution >= 0.6 is 24.8 Å². The lowest BCUT2D eigenvalue weighted by Gasteiger charge is -2.33. The summed E-state index contributed by atoms with van der Waals surface area (Å²) in [5.41, 5.74) is 0.865. The van der Waals surface area contributed by atoms with Crippen LogP contribution in [0.1, 0.15) is 31.5 Å². The number of nitrogens with one attached hydrogen (secondary N) is 1. The average Bonchev–Trinajstić information content (AvgIpc) is 2.98. The molecule has 6 nitrogen and oxygen atoms in total. The van der Waals surface area contributed by atoms with E-state index in [-0.39, 0.29) is 42.6 Å². The van der Waals surface area contributed by atoms with Gasteiger partial charge in [0.1, 0.15) is 5.82 Å². The third kappa shape index (κ3) is 4.18. The van der Waals surface area contributed by atoms with Gasteiger partial charge in [0.05, 0.1) is 0 Å². The second-order valence-corrected chi connectivity index (χ2v) is 6.07. The summed E-state index contributed by atoms with van der Waals surface area (Å²) in [5, 5.41) is 11.7. The van der Waals surface area contributed by atoms with Crippen molar-refractivity contribution in [3.63, 3.8) is 0 Å². The molecule has 0 aromatic carbocycles. The van der Waals surface area contributed by atoms with E-state index in [1.54, 1.807) is 0 Å². The Morgan fingerprint density at radius 1 is 1.38 bits per heavy atom. The predicted octanol–water partition coefficient (Wildman–Crippen LogP) is 2.13. The minimum absolute atomic E-state index is 0. The van der Waals surface area contributed by atoms with Crippen molar-refractivity contribution >= 4 is 36.4 Å². The van der Waals surface area contributed by atoms with Gasteiger partial charge in [-0.2, -0.15) is 0 Å². The quantitative estimate of drug-likeness (QED) is 0.891. The standard InChI is InChI=1S/C16H23N5O.2ClH/c1-12(10-17-2)16(22)20-8-5-6-13(11-20)15-19-18-14-7-3-4-9-21(14)15;;/h3-4,7,9,12-13,17H,5-6,8,10-11H2,1-2H3;2*1H.